The van der Waals surface area contributed by atoms with Crippen molar-refractivity contribution in [2.45, 2.75) is 6.92 Å². The molecule has 1 aliphatic heterocycles. The Balaban J connectivity index is 2.11. The highest BCUT2D eigenvalue weighted by Gasteiger charge is 2.23. The molecule has 1 aliphatic rings. The lowest BCUT2D eigenvalue weighted by molar-refractivity contribution is -0.139. The van der Waals surface area contributed by atoms with Crippen molar-refractivity contribution in [3.63, 3.8) is 0 Å². The molecule has 0 amide bonds. The summed E-state index contributed by atoms with van der Waals surface area (Å²) in [5.74, 6) is -0.0220. The summed E-state index contributed by atoms with van der Waals surface area (Å²) in [7, 11) is 0. The molecule has 52 valence electrons. The van der Waals surface area contributed by atoms with Crippen molar-refractivity contribution < 1.29 is 9.90 Å². The highest BCUT2D eigenvalue weighted by atomic mass is 16.4. The van der Waals surface area contributed by atoms with Gasteiger partial charge < -0.3 is 5.11 Å². The van der Waals surface area contributed by atoms with Crippen LogP contribution in [0.4, 0.5) is 0 Å². The van der Waals surface area contributed by atoms with Gasteiger partial charge in [0.15, 0.2) is 0 Å². The average Bonchev–Trinajstić information content (AvgIpc) is 1.60. The van der Waals surface area contributed by atoms with E-state index in [0.29, 0.717) is 5.92 Å². The van der Waals surface area contributed by atoms with Gasteiger partial charge in [0.05, 0.1) is 6.54 Å². The number of hydrogen-bond donors (Lipinski definition) is 1. The lowest BCUT2D eigenvalue weighted by Gasteiger charge is -2.35. The van der Waals surface area contributed by atoms with Crippen molar-refractivity contribution in [1.82, 2.24) is 4.90 Å². The number of carboxylic acids is 1. The van der Waals surface area contributed by atoms with Crippen LogP contribution in [0.1, 0.15) is 6.92 Å². The molecular weight excluding hydrogens is 118 g/mol. The topological polar surface area (TPSA) is 40.5 Å². The third kappa shape index (κ3) is 1.68. The fourth-order valence-corrected chi connectivity index (χ4v) is 1.15. The van der Waals surface area contributed by atoms with Crippen LogP contribution in [0, 0.1) is 5.92 Å². The van der Waals surface area contributed by atoms with Crippen LogP contribution in [-0.2, 0) is 4.79 Å². The molecule has 0 aromatic carbocycles. The van der Waals surface area contributed by atoms with E-state index in [4.69, 9.17) is 5.11 Å². The Kier molecular flexibility index (Phi) is 1.71. The van der Waals surface area contributed by atoms with E-state index < -0.39 is 5.97 Å². The molecule has 9 heavy (non-hydrogen) atoms. The highest BCUT2D eigenvalue weighted by molar-refractivity contribution is 5.69. The molecule has 1 heterocycles. The van der Waals surface area contributed by atoms with Crippen molar-refractivity contribution in [2.24, 2.45) is 5.92 Å². The van der Waals surface area contributed by atoms with Crippen LogP contribution >= 0.6 is 0 Å². The maximum Gasteiger partial charge on any atom is 0.317 e. The normalized spacial score (nSPS) is 21.4. The summed E-state index contributed by atoms with van der Waals surface area (Å²) in [6.07, 6.45) is 0. The van der Waals surface area contributed by atoms with Gasteiger partial charge in [-0.15, -0.1) is 0 Å². The monoisotopic (exact) mass is 129 g/mol. The number of carbonyl (C=O) groups is 1. The Morgan fingerprint density at radius 2 is 2.33 bits per heavy atom. The summed E-state index contributed by atoms with van der Waals surface area (Å²) in [5.41, 5.74) is 0. The van der Waals surface area contributed by atoms with E-state index >= 15 is 0 Å². The van der Waals surface area contributed by atoms with E-state index in [1.807, 2.05) is 4.90 Å². The van der Waals surface area contributed by atoms with Gasteiger partial charge in [0, 0.05) is 13.1 Å². The second-order valence-corrected chi connectivity index (χ2v) is 2.69. The Morgan fingerprint density at radius 1 is 1.78 bits per heavy atom. The molecule has 0 atom stereocenters. The lowest BCUT2D eigenvalue weighted by Crippen LogP contribution is -2.47. The Bertz CT molecular complexity index is 118. The van der Waals surface area contributed by atoms with Crippen molar-refractivity contribution >= 4 is 5.97 Å². The Morgan fingerprint density at radius 3 is 2.67 bits per heavy atom. The van der Waals surface area contributed by atoms with Gasteiger partial charge in [0.25, 0.3) is 0 Å². The van der Waals surface area contributed by atoms with E-state index in [9.17, 15) is 4.79 Å². The van der Waals surface area contributed by atoms with Gasteiger partial charge in [0.2, 0.25) is 0 Å². The molecule has 1 N–H and O–H groups in total. The second kappa shape index (κ2) is 2.35. The van der Waals surface area contributed by atoms with E-state index in [2.05, 4.69) is 6.92 Å². The first-order chi connectivity index (χ1) is 4.18. The van der Waals surface area contributed by atoms with Crippen molar-refractivity contribution in [1.29, 1.82) is 0 Å². The van der Waals surface area contributed by atoms with Gasteiger partial charge in [-0.2, -0.15) is 0 Å². The first-order valence-corrected chi connectivity index (χ1v) is 3.12. The molecule has 0 radical (unpaired) electrons. The standard InChI is InChI=1S/C6H11NO2/c1-5-2-7(3-5)4-6(8)9/h5H,2-4H2,1H3,(H,8,9). The highest BCUT2D eigenvalue weighted by Crippen LogP contribution is 2.12. The van der Waals surface area contributed by atoms with Gasteiger partial charge in [-0.1, -0.05) is 6.92 Å². The smallest absolute Gasteiger partial charge is 0.317 e. The molecule has 0 bridgehead atoms. The van der Waals surface area contributed by atoms with Crippen LogP contribution in [0.3, 0.4) is 0 Å². The summed E-state index contributed by atoms with van der Waals surface area (Å²) in [6.45, 7) is 4.24. The van der Waals surface area contributed by atoms with Crippen LogP contribution in [0.2, 0.25) is 0 Å². The Labute approximate surface area is 54.3 Å². The summed E-state index contributed by atoms with van der Waals surface area (Å²) in [5, 5.41) is 8.29. The maximum absolute atomic E-state index is 10.1. The zero-order valence-corrected chi connectivity index (χ0v) is 5.50. The van der Waals surface area contributed by atoms with E-state index in [1.165, 1.54) is 0 Å². The molecule has 0 aliphatic carbocycles. The molecule has 1 saturated heterocycles. The lowest BCUT2D eigenvalue weighted by atomic mass is 10.0. The molecule has 3 heteroatoms. The zero-order valence-electron chi connectivity index (χ0n) is 5.50. The molecule has 0 unspecified atom stereocenters. The zero-order chi connectivity index (χ0) is 6.85. The molecule has 0 aromatic heterocycles. The van der Waals surface area contributed by atoms with Crippen molar-refractivity contribution in [3.8, 4) is 0 Å². The number of hydrogen-bond acceptors (Lipinski definition) is 2. The number of nitrogens with zero attached hydrogens (tertiary/aromatic N) is 1. The summed E-state index contributed by atoms with van der Waals surface area (Å²) < 4.78 is 0. The molecule has 3 nitrogen and oxygen atoms in total. The SMILES string of the molecule is CC1CN(CC(=O)O)C1. The predicted octanol–water partition coefficient (Wildman–Crippen LogP) is 0.0227. The van der Waals surface area contributed by atoms with Crippen LogP contribution in [0.25, 0.3) is 0 Å². The minimum atomic E-state index is -0.720. The number of aliphatic carboxylic acids is 1. The third-order valence-electron chi connectivity index (χ3n) is 1.50. The fourth-order valence-electron chi connectivity index (χ4n) is 1.15. The molecule has 1 fully saturated rings. The third-order valence-corrected chi connectivity index (χ3v) is 1.50. The first kappa shape index (κ1) is 6.55. The van der Waals surface area contributed by atoms with Crippen LogP contribution in [-0.4, -0.2) is 35.6 Å². The molecule has 0 saturated carbocycles. The second-order valence-electron chi connectivity index (χ2n) is 2.69. The van der Waals surface area contributed by atoms with E-state index in [0.717, 1.165) is 13.1 Å². The van der Waals surface area contributed by atoms with E-state index in [1.54, 1.807) is 0 Å². The summed E-state index contributed by atoms with van der Waals surface area (Å²) in [4.78, 5) is 12.0. The van der Waals surface area contributed by atoms with Crippen LogP contribution in [0.15, 0.2) is 0 Å². The van der Waals surface area contributed by atoms with E-state index in [-0.39, 0.29) is 6.54 Å². The van der Waals surface area contributed by atoms with Crippen LogP contribution in [0.5, 0.6) is 0 Å². The first-order valence-electron chi connectivity index (χ1n) is 3.12. The van der Waals surface area contributed by atoms with Gasteiger partial charge >= 0.3 is 5.97 Å². The quantitative estimate of drug-likeness (QED) is 0.571. The largest absolute Gasteiger partial charge is 0.480 e. The predicted molar refractivity (Wildman–Crippen MR) is 33.2 cm³/mol. The molecule has 0 aromatic rings. The summed E-state index contributed by atoms with van der Waals surface area (Å²) in [6, 6.07) is 0. The van der Waals surface area contributed by atoms with Gasteiger partial charge in [-0.25, -0.2) is 0 Å². The average molecular weight is 129 g/mol. The minimum Gasteiger partial charge on any atom is -0.480 e. The van der Waals surface area contributed by atoms with Crippen molar-refractivity contribution in [3.05, 3.63) is 0 Å². The van der Waals surface area contributed by atoms with Gasteiger partial charge in [-0.3, -0.25) is 9.69 Å². The maximum atomic E-state index is 10.1. The minimum absolute atomic E-state index is 0.213. The van der Waals surface area contributed by atoms with Gasteiger partial charge in [-0.05, 0) is 5.92 Å². The number of likely N-dealkylation sites (tertiary alicyclic amines) is 1. The molecular formula is C6H11NO2. The molecule has 0 spiro atoms. The Hall–Kier alpha value is -0.570. The number of carboxylic acid groups (broad SMARTS) is 1. The fraction of sp³-hybridized carbons (Fsp3) is 0.833. The van der Waals surface area contributed by atoms with Crippen molar-refractivity contribution in [2.75, 3.05) is 19.6 Å². The van der Waals surface area contributed by atoms with Crippen LogP contribution < -0.4 is 0 Å². The number of rotatable bonds is 2. The van der Waals surface area contributed by atoms with Gasteiger partial charge in [0.1, 0.15) is 0 Å². The summed E-state index contributed by atoms with van der Waals surface area (Å²) >= 11 is 0. The molecule has 1 rings (SSSR count).